The van der Waals surface area contributed by atoms with Gasteiger partial charge < -0.3 is 5.11 Å². The molecule has 1 heterocycles. The molecule has 1 aromatic carbocycles. The summed E-state index contributed by atoms with van der Waals surface area (Å²) in [6, 6.07) is 9.56. The average Bonchev–Trinajstić information content (AvgIpc) is 2.30. The van der Waals surface area contributed by atoms with Crippen LogP contribution in [0.2, 0.25) is 5.15 Å². The van der Waals surface area contributed by atoms with E-state index in [9.17, 15) is 0 Å². The van der Waals surface area contributed by atoms with Crippen LogP contribution >= 0.6 is 11.6 Å². The molecular formula is C11H9ClN2O. The number of aromatic nitrogens is 2. The maximum Gasteiger partial charge on any atom is 0.160 e. The van der Waals surface area contributed by atoms with Gasteiger partial charge in [-0.05, 0) is 0 Å². The number of hydrogen-bond acceptors (Lipinski definition) is 3. The summed E-state index contributed by atoms with van der Waals surface area (Å²) >= 11 is 5.87. The van der Waals surface area contributed by atoms with Crippen molar-refractivity contribution in [2.24, 2.45) is 0 Å². The lowest BCUT2D eigenvalue weighted by molar-refractivity contribution is 0.281. The Morgan fingerprint density at radius 2 is 1.93 bits per heavy atom. The van der Waals surface area contributed by atoms with Gasteiger partial charge in [0.15, 0.2) is 5.82 Å². The van der Waals surface area contributed by atoms with Crippen LogP contribution in [0, 0.1) is 0 Å². The molecule has 2 rings (SSSR count). The van der Waals surface area contributed by atoms with Gasteiger partial charge in [-0.15, -0.1) is 0 Å². The van der Waals surface area contributed by atoms with Gasteiger partial charge in [0, 0.05) is 17.3 Å². The van der Waals surface area contributed by atoms with E-state index in [0.717, 1.165) is 5.56 Å². The molecule has 0 atom stereocenters. The second kappa shape index (κ2) is 4.38. The third-order valence-corrected chi connectivity index (χ3v) is 2.34. The highest BCUT2D eigenvalue weighted by Crippen LogP contribution is 2.18. The number of aliphatic hydroxyl groups is 1. The van der Waals surface area contributed by atoms with Crippen LogP contribution in [0.3, 0.4) is 0 Å². The number of nitrogens with zero attached hydrogens (tertiary/aromatic N) is 2. The van der Waals surface area contributed by atoms with E-state index in [1.165, 1.54) is 6.20 Å². The second-order valence-corrected chi connectivity index (χ2v) is 3.39. The Morgan fingerprint density at radius 3 is 2.53 bits per heavy atom. The number of aliphatic hydroxyl groups excluding tert-OH is 1. The summed E-state index contributed by atoms with van der Waals surface area (Å²) in [6.45, 7) is -0.145. The van der Waals surface area contributed by atoms with E-state index in [4.69, 9.17) is 16.7 Å². The number of rotatable bonds is 2. The van der Waals surface area contributed by atoms with E-state index in [1.807, 2.05) is 30.3 Å². The predicted molar refractivity (Wildman–Crippen MR) is 58.4 cm³/mol. The summed E-state index contributed by atoms with van der Waals surface area (Å²) in [7, 11) is 0. The Balaban J connectivity index is 2.43. The van der Waals surface area contributed by atoms with E-state index < -0.39 is 0 Å². The molecule has 0 saturated heterocycles. The van der Waals surface area contributed by atoms with E-state index in [-0.39, 0.29) is 6.61 Å². The lowest BCUT2D eigenvalue weighted by atomic mass is 10.2. The first kappa shape index (κ1) is 10.1. The first-order chi connectivity index (χ1) is 7.31. The highest BCUT2D eigenvalue weighted by molar-refractivity contribution is 6.30. The van der Waals surface area contributed by atoms with Crippen LogP contribution in [-0.4, -0.2) is 15.1 Å². The summed E-state index contributed by atoms with van der Waals surface area (Å²) in [5.41, 5.74) is 1.44. The van der Waals surface area contributed by atoms with Crippen LogP contribution in [0.4, 0.5) is 0 Å². The van der Waals surface area contributed by atoms with Crippen molar-refractivity contribution in [1.82, 2.24) is 9.97 Å². The Kier molecular flexibility index (Phi) is 2.94. The first-order valence-corrected chi connectivity index (χ1v) is 4.87. The molecule has 76 valence electrons. The standard InChI is InChI=1S/C11H9ClN2O/c12-10-9(7-15)6-13-11(14-10)8-4-2-1-3-5-8/h1-6,15H,7H2. The topological polar surface area (TPSA) is 46.0 Å². The fraction of sp³-hybridized carbons (Fsp3) is 0.0909. The molecule has 15 heavy (non-hydrogen) atoms. The third-order valence-electron chi connectivity index (χ3n) is 2.01. The molecule has 4 heteroatoms. The number of halogens is 1. The molecule has 1 aromatic heterocycles. The van der Waals surface area contributed by atoms with Gasteiger partial charge in [0.25, 0.3) is 0 Å². The molecule has 0 spiro atoms. The molecule has 0 fully saturated rings. The first-order valence-electron chi connectivity index (χ1n) is 4.49. The van der Waals surface area contributed by atoms with Gasteiger partial charge in [0.1, 0.15) is 5.15 Å². The SMILES string of the molecule is OCc1cnc(-c2ccccc2)nc1Cl. The van der Waals surface area contributed by atoms with Crippen molar-refractivity contribution in [2.45, 2.75) is 6.61 Å². The Bertz CT molecular complexity index is 459. The van der Waals surface area contributed by atoms with Crippen molar-refractivity contribution >= 4 is 11.6 Å². The van der Waals surface area contributed by atoms with Crippen LogP contribution in [0.1, 0.15) is 5.56 Å². The highest BCUT2D eigenvalue weighted by atomic mass is 35.5. The van der Waals surface area contributed by atoms with Crippen LogP contribution in [-0.2, 0) is 6.61 Å². The van der Waals surface area contributed by atoms with Gasteiger partial charge in [-0.1, -0.05) is 41.9 Å². The van der Waals surface area contributed by atoms with Gasteiger partial charge in [-0.25, -0.2) is 9.97 Å². The normalized spacial score (nSPS) is 10.3. The summed E-state index contributed by atoms with van der Waals surface area (Å²) in [4.78, 5) is 8.23. The van der Waals surface area contributed by atoms with Crippen molar-refractivity contribution in [1.29, 1.82) is 0 Å². The minimum Gasteiger partial charge on any atom is -0.392 e. The minimum atomic E-state index is -0.145. The van der Waals surface area contributed by atoms with Crippen LogP contribution in [0.5, 0.6) is 0 Å². The zero-order valence-electron chi connectivity index (χ0n) is 7.89. The molecule has 1 N–H and O–H groups in total. The molecule has 0 unspecified atom stereocenters. The summed E-state index contributed by atoms with van der Waals surface area (Å²) < 4.78 is 0. The van der Waals surface area contributed by atoms with Gasteiger partial charge in [-0.2, -0.15) is 0 Å². The van der Waals surface area contributed by atoms with Crippen LogP contribution in [0.25, 0.3) is 11.4 Å². The van der Waals surface area contributed by atoms with Crippen molar-refractivity contribution in [3.05, 3.63) is 47.2 Å². The quantitative estimate of drug-likeness (QED) is 0.790. The molecule has 0 aliphatic carbocycles. The van der Waals surface area contributed by atoms with Gasteiger partial charge in [-0.3, -0.25) is 0 Å². The Hall–Kier alpha value is -1.45. The molecule has 0 radical (unpaired) electrons. The van der Waals surface area contributed by atoms with E-state index in [0.29, 0.717) is 16.5 Å². The molecule has 3 nitrogen and oxygen atoms in total. The average molecular weight is 221 g/mol. The van der Waals surface area contributed by atoms with Gasteiger partial charge in [0.2, 0.25) is 0 Å². The smallest absolute Gasteiger partial charge is 0.160 e. The fourth-order valence-corrected chi connectivity index (χ4v) is 1.41. The zero-order chi connectivity index (χ0) is 10.7. The Morgan fingerprint density at radius 1 is 1.20 bits per heavy atom. The summed E-state index contributed by atoms with van der Waals surface area (Å²) in [5.74, 6) is 0.567. The highest BCUT2D eigenvalue weighted by Gasteiger charge is 2.05. The van der Waals surface area contributed by atoms with Gasteiger partial charge in [0.05, 0.1) is 6.61 Å². The fourth-order valence-electron chi connectivity index (χ4n) is 1.22. The minimum absolute atomic E-state index is 0.145. The summed E-state index contributed by atoms with van der Waals surface area (Å²) in [6.07, 6.45) is 1.54. The lowest BCUT2D eigenvalue weighted by Gasteiger charge is -2.02. The second-order valence-electron chi connectivity index (χ2n) is 3.03. The maximum absolute atomic E-state index is 8.92. The Labute approximate surface area is 92.4 Å². The molecule has 0 saturated carbocycles. The molecule has 2 aromatic rings. The molecule has 0 amide bonds. The number of benzene rings is 1. The van der Waals surface area contributed by atoms with E-state index in [2.05, 4.69) is 9.97 Å². The largest absolute Gasteiger partial charge is 0.392 e. The van der Waals surface area contributed by atoms with Crippen molar-refractivity contribution in [2.75, 3.05) is 0 Å². The third kappa shape index (κ3) is 2.14. The van der Waals surface area contributed by atoms with Crippen molar-refractivity contribution < 1.29 is 5.11 Å². The molecule has 0 aliphatic heterocycles. The molecular weight excluding hydrogens is 212 g/mol. The van der Waals surface area contributed by atoms with E-state index >= 15 is 0 Å². The summed E-state index contributed by atoms with van der Waals surface area (Å²) in [5, 5.41) is 9.21. The zero-order valence-corrected chi connectivity index (χ0v) is 8.65. The van der Waals surface area contributed by atoms with Crippen molar-refractivity contribution in [3.63, 3.8) is 0 Å². The monoisotopic (exact) mass is 220 g/mol. The van der Waals surface area contributed by atoms with E-state index in [1.54, 1.807) is 0 Å². The molecule has 0 aliphatic rings. The van der Waals surface area contributed by atoms with Crippen LogP contribution < -0.4 is 0 Å². The van der Waals surface area contributed by atoms with Crippen molar-refractivity contribution in [3.8, 4) is 11.4 Å². The molecule has 0 bridgehead atoms. The lowest BCUT2D eigenvalue weighted by Crippen LogP contribution is -1.94. The van der Waals surface area contributed by atoms with Gasteiger partial charge >= 0.3 is 0 Å². The number of hydrogen-bond donors (Lipinski definition) is 1. The predicted octanol–water partition coefficient (Wildman–Crippen LogP) is 2.29. The van der Waals surface area contributed by atoms with Crippen LogP contribution in [0.15, 0.2) is 36.5 Å². The maximum atomic E-state index is 8.92.